The highest BCUT2D eigenvalue weighted by atomic mass is 32.1. The summed E-state index contributed by atoms with van der Waals surface area (Å²) in [5.41, 5.74) is 0.745. The highest BCUT2D eigenvalue weighted by Crippen LogP contribution is 2.23. The van der Waals surface area contributed by atoms with Gasteiger partial charge >= 0.3 is 6.36 Å². The molecule has 0 saturated heterocycles. The van der Waals surface area contributed by atoms with E-state index in [0.29, 0.717) is 22.9 Å². The van der Waals surface area contributed by atoms with Crippen molar-refractivity contribution in [2.24, 2.45) is 0 Å². The topological polar surface area (TPSA) is 77.1 Å². The Bertz CT molecular complexity index is 1030. The van der Waals surface area contributed by atoms with E-state index in [4.69, 9.17) is 0 Å². The number of hydrogen-bond donors (Lipinski definition) is 2. The molecule has 0 saturated carbocycles. The number of quaternary nitrogens is 1. The first-order valence-corrected chi connectivity index (χ1v) is 9.00. The number of rotatable bonds is 6. The number of halogens is 3. The summed E-state index contributed by atoms with van der Waals surface area (Å²) in [4.78, 5) is 29.9. The standard InChI is InChI=1S/C17H15F3N4O3S/c1-23(9-12-8-15(26)24-6-7-28-16(24)22-12)10-14(25)21-11-2-4-13(5-3-11)27-17(18,19)20/h2-8H,9-10H2,1H3,(H,21,25)/p+1. The summed E-state index contributed by atoms with van der Waals surface area (Å²) in [5, 5.41) is 4.37. The summed E-state index contributed by atoms with van der Waals surface area (Å²) >= 11 is 1.35. The number of nitrogens with one attached hydrogen (secondary N) is 2. The number of amides is 1. The van der Waals surface area contributed by atoms with Crippen molar-refractivity contribution in [2.45, 2.75) is 12.9 Å². The van der Waals surface area contributed by atoms with E-state index in [-0.39, 0.29) is 23.8 Å². The second-order valence-electron chi connectivity index (χ2n) is 6.07. The predicted molar refractivity (Wildman–Crippen MR) is 96.6 cm³/mol. The van der Waals surface area contributed by atoms with Gasteiger partial charge in [-0.05, 0) is 24.3 Å². The van der Waals surface area contributed by atoms with Crippen LogP contribution >= 0.6 is 11.3 Å². The van der Waals surface area contributed by atoms with E-state index in [1.807, 2.05) is 0 Å². The minimum atomic E-state index is -4.76. The van der Waals surface area contributed by atoms with Crippen LogP contribution in [0.15, 0.2) is 46.7 Å². The van der Waals surface area contributed by atoms with Crippen molar-refractivity contribution < 1.29 is 27.6 Å². The number of carbonyl (C=O) groups is 1. The van der Waals surface area contributed by atoms with Crippen LogP contribution in [0.5, 0.6) is 5.75 Å². The summed E-state index contributed by atoms with van der Waals surface area (Å²) in [7, 11) is 1.78. The Morgan fingerprint density at radius 2 is 2.04 bits per heavy atom. The molecule has 2 heterocycles. The van der Waals surface area contributed by atoms with Crippen LogP contribution in [0.1, 0.15) is 5.69 Å². The minimum absolute atomic E-state index is 0.0896. The van der Waals surface area contributed by atoms with Crippen molar-refractivity contribution in [3.63, 3.8) is 0 Å². The maximum absolute atomic E-state index is 12.1. The number of alkyl halides is 3. The molecule has 3 rings (SSSR count). The molecule has 7 nitrogen and oxygen atoms in total. The van der Waals surface area contributed by atoms with Crippen LogP contribution in [0.3, 0.4) is 0 Å². The number of hydrogen-bond acceptors (Lipinski definition) is 5. The SMILES string of the molecule is C[NH+](CC(=O)Nc1ccc(OC(F)(F)F)cc1)Cc1cc(=O)n2ccsc2n1. The van der Waals surface area contributed by atoms with Crippen molar-refractivity contribution in [3.8, 4) is 5.75 Å². The van der Waals surface area contributed by atoms with Gasteiger partial charge in [-0.15, -0.1) is 24.5 Å². The van der Waals surface area contributed by atoms with Crippen LogP contribution in [-0.2, 0) is 11.3 Å². The predicted octanol–water partition coefficient (Wildman–Crippen LogP) is 1.31. The third-order valence-electron chi connectivity index (χ3n) is 3.67. The summed E-state index contributed by atoms with van der Waals surface area (Å²) in [5.74, 6) is -0.689. The van der Waals surface area contributed by atoms with Crippen molar-refractivity contribution in [2.75, 3.05) is 18.9 Å². The fourth-order valence-corrected chi connectivity index (χ4v) is 3.31. The molecule has 0 aliphatic heterocycles. The van der Waals surface area contributed by atoms with E-state index in [1.54, 1.807) is 18.6 Å². The quantitative estimate of drug-likeness (QED) is 0.639. The molecule has 2 aromatic heterocycles. The normalized spacial score (nSPS) is 12.7. The molecule has 148 valence electrons. The molecule has 0 spiro atoms. The number of nitrogens with zero attached hydrogens (tertiary/aromatic N) is 2. The van der Waals surface area contributed by atoms with Crippen LogP contribution in [-0.4, -0.2) is 35.2 Å². The Morgan fingerprint density at radius 3 is 2.71 bits per heavy atom. The summed E-state index contributed by atoms with van der Waals surface area (Å²) < 4.78 is 41.7. The number of fused-ring (bicyclic) bond motifs is 1. The number of benzene rings is 1. The molecule has 0 bridgehead atoms. The van der Waals surface area contributed by atoms with E-state index in [2.05, 4.69) is 15.0 Å². The monoisotopic (exact) mass is 413 g/mol. The molecular weight excluding hydrogens is 397 g/mol. The average molecular weight is 413 g/mol. The third-order valence-corrected chi connectivity index (χ3v) is 4.43. The van der Waals surface area contributed by atoms with Gasteiger partial charge in [0, 0.05) is 23.3 Å². The summed E-state index contributed by atoms with van der Waals surface area (Å²) in [6, 6.07) is 6.31. The number of thiazole rings is 1. The van der Waals surface area contributed by atoms with E-state index in [9.17, 15) is 22.8 Å². The van der Waals surface area contributed by atoms with Gasteiger partial charge in [0.15, 0.2) is 11.5 Å². The zero-order chi connectivity index (χ0) is 20.3. The van der Waals surface area contributed by atoms with E-state index >= 15 is 0 Å². The maximum Gasteiger partial charge on any atom is 0.573 e. The minimum Gasteiger partial charge on any atom is -0.406 e. The van der Waals surface area contributed by atoms with E-state index in [1.165, 1.54) is 33.9 Å². The van der Waals surface area contributed by atoms with Gasteiger partial charge in [-0.3, -0.25) is 14.0 Å². The van der Waals surface area contributed by atoms with Crippen LogP contribution in [0, 0.1) is 0 Å². The highest BCUT2D eigenvalue weighted by molar-refractivity contribution is 7.15. The van der Waals surface area contributed by atoms with E-state index in [0.717, 1.165) is 17.0 Å². The lowest BCUT2D eigenvalue weighted by atomic mass is 10.3. The van der Waals surface area contributed by atoms with Gasteiger partial charge in [0.05, 0.1) is 7.05 Å². The maximum atomic E-state index is 12.1. The molecule has 1 amide bonds. The van der Waals surface area contributed by atoms with Gasteiger partial charge in [0.2, 0.25) is 0 Å². The van der Waals surface area contributed by atoms with Gasteiger partial charge in [-0.25, -0.2) is 4.98 Å². The number of likely N-dealkylation sites (N-methyl/N-ethyl adjacent to an activating group) is 1. The summed E-state index contributed by atoms with van der Waals surface area (Å²) in [6.45, 7) is 0.460. The molecule has 0 aliphatic carbocycles. The smallest absolute Gasteiger partial charge is 0.406 e. The Balaban J connectivity index is 1.55. The van der Waals surface area contributed by atoms with Crippen LogP contribution < -0.4 is 20.5 Å². The zero-order valence-electron chi connectivity index (χ0n) is 14.6. The van der Waals surface area contributed by atoms with Gasteiger partial charge in [-0.1, -0.05) is 0 Å². The molecular formula is C17H16F3N4O3S+. The summed E-state index contributed by atoms with van der Waals surface area (Å²) in [6.07, 6.45) is -3.12. The Morgan fingerprint density at radius 1 is 1.32 bits per heavy atom. The first-order valence-electron chi connectivity index (χ1n) is 8.12. The van der Waals surface area contributed by atoms with Gasteiger partial charge < -0.3 is 15.0 Å². The van der Waals surface area contributed by atoms with Crippen molar-refractivity contribution in [1.29, 1.82) is 0 Å². The second kappa shape index (κ2) is 7.98. The fraction of sp³-hybridized carbons (Fsp3) is 0.235. The number of ether oxygens (including phenoxy) is 1. The molecule has 1 unspecified atom stereocenters. The van der Waals surface area contributed by atoms with Crippen molar-refractivity contribution >= 4 is 27.9 Å². The lowest BCUT2D eigenvalue weighted by Crippen LogP contribution is -3.08. The fourth-order valence-electron chi connectivity index (χ4n) is 2.57. The van der Waals surface area contributed by atoms with Crippen LogP contribution in [0.25, 0.3) is 4.96 Å². The highest BCUT2D eigenvalue weighted by Gasteiger charge is 2.31. The lowest BCUT2D eigenvalue weighted by Gasteiger charge is -2.14. The van der Waals surface area contributed by atoms with Gasteiger partial charge in [-0.2, -0.15) is 0 Å². The van der Waals surface area contributed by atoms with Crippen LogP contribution in [0.4, 0.5) is 18.9 Å². The molecule has 11 heteroatoms. The zero-order valence-corrected chi connectivity index (χ0v) is 15.4. The molecule has 1 atom stereocenters. The second-order valence-corrected chi connectivity index (χ2v) is 6.95. The Kier molecular flexibility index (Phi) is 5.66. The Labute approximate surface area is 161 Å². The number of anilines is 1. The van der Waals surface area contributed by atoms with E-state index < -0.39 is 6.36 Å². The number of aromatic nitrogens is 2. The average Bonchev–Trinajstić information content (AvgIpc) is 3.04. The third kappa shape index (κ3) is 5.30. The van der Waals surface area contributed by atoms with Crippen molar-refractivity contribution in [1.82, 2.24) is 9.38 Å². The first-order chi connectivity index (χ1) is 13.2. The molecule has 28 heavy (non-hydrogen) atoms. The largest absolute Gasteiger partial charge is 0.573 e. The molecule has 3 aromatic rings. The molecule has 0 fully saturated rings. The number of carbonyl (C=O) groups excluding carboxylic acids is 1. The lowest BCUT2D eigenvalue weighted by molar-refractivity contribution is -0.885. The Hall–Kier alpha value is -2.92. The molecule has 2 N–H and O–H groups in total. The molecule has 1 aromatic carbocycles. The molecule has 0 aliphatic rings. The van der Waals surface area contributed by atoms with Crippen molar-refractivity contribution in [3.05, 3.63) is 58.0 Å². The van der Waals surface area contributed by atoms with Crippen LogP contribution in [0.2, 0.25) is 0 Å². The van der Waals surface area contributed by atoms with Gasteiger partial charge in [0.25, 0.3) is 11.5 Å². The molecule has 0 radical (unpaired) electrons. The first kappa shape index (κ1) is 19.8. The van der Waals surface area contributed by atoms with Gasteiger partial charge in [0.1, 0.15) is 18.0 Å².